The quantitative estimate of drug-likeness (QED) is 0.564. The van der Waals surface area contributed by atoms with Crippen molar-refractivity contribution in [3.8, 4) is 16.3 Å². The topological polar surface area (TPSA) is 70.1 Å². The van der Waals surface area contributed by atoms with E-state index >= 15 is 0 Å². The van der Waals surface area contributed by atoms with Gasteiger partial charge < -0.3 is 10.5 Å². The van der Waals surface area contributed by atoms with Gasteiger partial charge in [-0.15, -0.1) is 0 Å². The predicted molar refractivity (Wildman–Crippen MR) is 112 cm³/mol. The Morgan fingerprint density at radius 2 is 2.07 bits per heavy atom. The molecule has 1 aliphatic rings. The molecule has 2 N–H and O–H groups in total. The fourth-order valence-corrected chi connectivity index (χ4v) is 4.83. The molecule has 158 valence electrons. The third kappa shape index (κ3) is 4.29. The monoisotopic (exact) mass is 431 g/mol. The van der Waals surface area contributed by atoms with Crippen molar-refractivity contribution >= 4 is 17.1 Å². The van der Waals surface area contributed by atoms with Crippen molar-refractivity contribution < 1.29 is 18.3 Å². The summed E-state index contributed by atoms with van der Waals surface area (Å²) in [5, 5.41) is 5.12. The number of benzene rings is 1. The predicted octanol–water partition coefficient (Wildman–Crippen LogP) is 4.37. The van der Waals surface area contributed by atoms with Gasteiger partial charge in [0.05, 0.1) is 28.9 Å². The van der Waals surface area contributed by atoms with Crippen LogP contribution in [0, 0.1) is 24.5 Å². The highest BCUT2D eigenvalue weighted by atomic mass is 32.1. The maximum atomic E-state index is 13.4. The number of ketones is 1. The molecular formula is C22H23F2N3O2S. The lowest BCUT2D eigenvalue weighted by Gasteiger charge is -2.14. The highest BCUT2D eigenvalue weighted by molar-refractivity contribution is 7.16. The van der Waals surface area contributed by atoms with Gasteiger partial charge in [0.2, 0.25) is 0 Å². The molecule has 0 spiro atoms. The Balaban J connectivity index is 1.45. The molecule has 0 saturated heterocycles. The van der Waals surface area contributed by atoms with E-state index in [-0.39, 0.29) is 11.7 Å². The van der Waals surface area contributed by atoms with Crippen molar-refractivity contribution in [2.75, 3.05) is 13.2 Å². The molecule has 0 bridgehead atoms. The first-order chi connectivity index (χ1) is 14.4. The number of rotatable bonds is 7. The number of nitrogens with zero attached hydrogens (tertiary/aromatic N) is 2. The van der Waals surface area contributed by atoms with Gasteiger partial charge in [0.15, 0.2) is 10.8 Å². The normalized spacial score (nSPS) is 13.9. The van der Waals surface area contributed by atoms with Crippen LogP contribution >= 0.6 is 11.3 Å². The van der Waals surface area contributed by atoms with E-state index in [9.17, 15) is 13.6 Å². The molecule has 8 heteroatoms. The van der Waals surface area contributed by atoms with E-state index in [1.165, 1.54) is 23.5 Å². The van der Waals surface area contributed by atoms with Crippen molar-refractivity contribution in [2.45, 2.75) is 32.7 Å². The van der Waals surface area contributed by atoms with E-state index < -0.39 is 11.6 Å². The van der Waals surface area contributed by atoms with Gasteiger partial charge in [-0.05, 0) is 61.6 Å². The molecule has 3 heterocycles. The average molecular weight is 432 g/mol. The number of nitrogens with two attached hydrogens (primary N) is 1. The number of ether oxygens (including phenoxy) is 1. The number of aromatic nitrogens is 2. The Kier molecular flexibility index (Phi) is 5.97. The van der Waals surface area contributed by atoms with Crippen LogP contribution in [0.3, 0.4) is 0 Å². The molecule has 3 aromatic rings. The van der Waals surface area contributed by atoms with Gasteiger partial charge in [-0.3, -0.25) is 9.48 Å². The molecule has 0 unspecified atom stereocenters. The van der Waals surface area contributed by atoms with Crippen molar-refractivity contribution in [2.24, 2.45) is 11.7 Å². The molecule has 1 atom stereocenters. The molecular weight excluding hydrogens is 408 g/mol. The molecule has 0 fully saturated rings. The number of thiophene rings is 1. The maximum absolute atomic E-state index is 13.4. The third-order valence-electron chi connectivity index (χ3n) is 5.35. The number of carbonyl (C=O) groups excluding carboxylic acids is 1. The largest absolute Gasteiger partial charge is 0.481 e. The van der Waals surface area contributed by atoms with Gasteiger partial charge in [0, 0.05) is 12.5 Å². The molecule has 2 aromatic heterocycles. The van der Waals surface area contributed by atoms with Crippen molar-refractivity contribution in [3.05, 3.63) is 58.1 Å². The molecule has 30 heavy (non-hydrogen) atoms. The van der Waals surface area contributed by atoms with Gasteiger partial charge in [0.1, 0.15) is 18.2 Å². The standard InChI is InChI=1S/C22H23F2N3O2S/c1-13-12-26-27-4-5-29-22-18(21(13)27)10-20(30-22)19(28)3-2-14(11-25)6-15-7-16(23)9-17(24)8-15/h7-10,12,14H,2-6,11,25H2,1H3/t14-/m0/s1. The first-order valence-corrected chi connectivity index (χ1v) is 10.7. The van der Waals surface area contributed by atoms with Crippen LogP contribution in [0.2, 0.25) is 0 Å². The minimum atomic E-state index is -0.605. The Morgan fingerprint density at radius 1 is 1.30 bits per heavy atom. The number of hydrogen-bond acceptors (Lipinski definition) is 5. The van der Waals surface area contributed by atoms with Gasteiger partial charge >= 0.3 is 0 Å². The fraction of sp³-hybridized carbons (Fsp3) is 0.364. The number of halogens is 2. The van der Waals surface area contributed by atoms with E-state index in [1.807, 2.05) is 23.9 Å². The van der Waals surface area contributed by atoms with Crippen molar-refractivity contribution in [1.82, 2.24) is 9.78 Å². The minimum absolute atomic E-state index is 0.0178. The van der Waals surface area contributed by atoms with Gasteiger partial charge in [-0.1, -0.05) is 11.3 Å². The van der Waals surface area contributed by atoms with E-state index in [0.29, 0.717) is 49.4 Å². The third-order valence-corrected chi connectivity index (χ3v) is 6.43. The van der Waals surface area contributed by atoms with Gasteiger partial charge in [0.25, 0.3) is 0 Å². The summed E-state index contributed by atoms with van der Waals surface area (Å²) in [4.78, 5) is 13.5. The molecule has 5 nitrogen and oxygen atoms in total. The Bertz CT molecular complexity index is 1060. The van der Waals surface area contributed by atoms with Crippen LogP contribution in [0.5, 0.6) is 5.06 Å². The molecule has 4 rings (SSSR count). The Morgan fingerprint density at radius 3 is 2.80 bits per heavy atom. The van der Waals surface area contributed by atoms with Gasteiger partial charge in [-0.25, -0.2) is 8.78 Å². The SMILES string of the molecule is Cc1cnn2c1-c1cc(C(=O)CC[C@H](CN)Cc3cc(F)cc(F)c3)sc1OCC2. The summed E-state index contributed by atoms with van der Waals surface area (Å²) in [7, 11) is 0. The van der Waals surface area contributed by atoms with E-state index in [0.717, 1.165) is 28.0 Å². The lowest BCUT2D eigenvalue weighted by molar-refractivity contribution is 0.0978. The smallest absolute Gasteiger partial charge is 0.183 e. The zero-order valence-electron chi connectivity index (χ0n) is 16.7. The summed E-state index contributed by atoms with van der Waals surface area (Å²) in [6.45, 7) is 3.52. The van der Waals surface area contributed by atoms with E-state index in [2.05, 4.69) is 5.10 Å². The first kappa shape index (κ1) is 20.7. The Hall–Kier alpha value is -2.58. The highest BCUT2D eigenvalue weighted by Crippen LogP contribution is 2.41. The number of Topliss-reactive ketones (excluding diaryl/α,β-unsaturated/α-hetero) is 1. The molecule has 0 aliphatic carbocycles. The Labute approximate surface area is 177 Å². The van der Waals surface area contributed by atoms with Crippen LogP contribution in [0.15, 0.2) is 30.5 Å². The summed E-state index contributed by atoms with van der Waals surface area (Å²) in [6, 6.07) is 5.36. The van der Waals surface area contributed by atoms with Crippen LogP contribution in [0.25, 0.3) is 11.3 Å². The first-order valence-electron chi connectivity index (χ1n) is 9.92. The molecule has 0 saturated carbocycles. The maximum Gasteiger partial charge on any atom is 0.183 e. The van der Waals surface area contributed by atoms with Crippen molar-refractivity contribution in [3.63, 3.8) is 0 Å². The fourth-order valence-electron chi connectivity index (χ4n) is 3.83. The molecule has 0 amide bonds. The van der Waals surface area contributed by atoms with E-state index in [4.69, 9.17) is 10.5 Å². The summed E-state index contributed by atoms with van der Waals surface area (Å²) in [5.41, 5.74) is 9.34. The lowest BCUT2D eigenvalue weighted by atomic mass is 9.93. The van der Waals surface area contributed by atoms with E-state index in [1.54, 1.807) is 0 Å². The average Bonchev–Trinajstić information content (AvgIpc) is 3.23. The number of fused-ring (bicyclic) bond motifs is 3. The number of aryl methyl sites for hydroxylation is 1. The number of hydrogen-bond donors (Lipinski definition) is 1. The minimum Gasteiger partial charge on any atom is -0.481 e. The zero-order valence-corrected chi connectivity index (χ0v) is 17.5. The highest BCUT2D eigenvalue weighted by Gasteiger charge is 2.24. The lowest BCUT2D eigenvalue weighted by Crippen LogP contribution is -2.18. The van der Waals surface area contributed by atoms with Crippen LogP contribution in [-0.4, -0.2) is 28.7 Å². The summed E-state index contributed by atoms with van der Waals surface area (Å²) < 4.78 is 34.6. The van der Waals surface area contributed by atoms with Crippen LogP contribution in [-0.2, 0) is 13.0 Å². The van der Waals surface area contributed by atoms with Crippen molar-refractivity contribution in [1.29, 1.82) is 0 Å². The number of carbonyl (C=O) groups is 1. The molecule has 1 aliphatic heterocycles. The summed E-state index contributed by atoms with van der Waals surface area (Å²) in [6.07, 6.45) is 3.12. The zero-order chi connectivity index (χ0) is 21.3. The second-order valence-electron chi connectivity index (χ2n) is 7.60. The van der Waals surface area contributed by atoms with Gasteiger partial charge in [-0.2, -0.15) is 5.10 Å². The molecule has 1 aromatic carbocycles. The summed E-state index contributed by atoms with van der Waals surface area (Å²) in [5.74, 6) is -1.23. The van der Waals surface area contributed by atoms with Crippen LogP contribution < -0.4 is 10.5 Å². The molecule has 0 radical (unpaired) electrons. The second kappa shape index (κ2) is 8.65. The second-order valence-corrected chi connectivity index (χ2v) is 8.62. The summed E-state index contributed by atoms with van der Waals surface area (Å²) >= 11 is 1.36. The van der Waals surface area contributed by atoms with Crippen LogP contribution in [0.4, 0.5) is 8.78 Å². The van der Waals surface area contributed by atoms with Crippen LogP contribution in [0.1, 0.15) is 33.6 Å².